The van der Waals surface area contributed by atoms with Gasteiger partial charge in [0.25, 0.3) is 0 Å². The second-order valence-electron chi connectivity index (χ2n) is 8.03. The van der Waals surface area contributed by atoms with E-state index in [0.717, 1.165) is 59.6 Å². The van der Waals surface area contributed by atoms with Gasteiger partial charge in [0, 0.05) is 12.0 Å². The van der Waals surface area contributed by atoms with Crippen molar-refractivity contribution in [2.45, 2.75) is 31.8 Å². The second-order valence-corrected chi connectivity index (χ2v) is 8.03. The number of hydrogen-bond donors (Lipinski definition) is 1. The molecular weight excluding hydrogens is 394 g/mol. The lowest BCUT2D eigenvalue weighted by Gasteiger charge is -2.31. The number of hydrogen-bond acceptors (Lipinski definition) is 5. The summed E-state index contributed by atoms with van der Waals surface area (Å²) in [6.07, 6.45) is 3.05. The highest BCUT2D eigenvalue weighted by Gasteiger charge is 2.33. The third-order valence-corrected chi connectivity index (χ3v) is 6.39. The van der Waals surface area contributed by atoms with Crippen LogP contribution in [0.5, 0.6) is 17.2 Å². The monoisotopic (exact) mass is 424 g/mol. The Labute approximate surface area is 182 Å². The predicted molar refractivity (Wildman–Crippen MR) is 120 cm³/mol. The third-order valence-electron chi connectivity index (χ3n) is 6.39. The fourth-order valence-corrected chi connectivity index (χ4v) is 4.77. The number of rotatable bonds is 6. The summed E-state index contributed by atoms with van der Waals surface area (Å²) in [7, 11) is 6.45. The number of benzene rings is 3. The Morgan fingerprint density at radius 1 is 0.903 bits per heavy atom. The van der Waals surface area contributed by atoms with Crippen LogP contribution in [0.2, 0.25) is 0 Å². The molecule has 0 amide bonds. The summed E-state index contributed by atoms with van der Waals surface area (Å²) in [4.78, 5) is 13.7. The largest absolute Gasteiger partial charge is 0.497 e. The lowest BCUT2D eigenvalue weighted by atomic mass is 9.94. The molecule has 4 rings (SSSR count). The molecule has 0 aliphatic carbocycles. The Hall–Kier alpha value is -2.99. The first-order valence-electron chi connectivity index (χ1n) is 10.7. The van der Waals surface area contributed by atoms with Crippen LogP contribution in [0.3, 0.4) is 0 Å². The van der Waals surface area contributed by atoms with Crippen molar-refractivity contribution < 1.29 is 28.6 Å². The molecule has 164 valence electrons. The van der Waals surface area contributed by atoms with Crippen LogP contribution in [0.1, 0.15) is 24.8 Å². The van der Waals surface area contributed by atoms with Gasteiger partial charge in [0.1, 0.15) is 12.3 Å². The maximum Gasteiger partial charge on any atom is 0.364 e. The first-order chi connectivity index (χ1) is 15.1. The van der Waals surface area contributed by atoms with E-state index in [-0.39, 0.29) is 12.0 Å². The Balaban J connectivity index is 1.88. The summed E-state index contributed by atoms with van der Waals surface area (Å²) in [5, 5.41) is 4.40. The molecule has 2 atom stereocenters. The summed E-state index contributed by atoms with van der Waals surface area (Å²) >= 11 is 0. The number of quaternary nitrogens is 1. The number of carbonyl (C=O) groups excluding carboxylic acids is 1. The quantitative estimate of drug-likeness (QED) is 0.487. The first-order valence-corrected chi connectivity index (χ1v) is 10.7. The zero-order chi connectivity index (χ0) is 22.0. The fourth-order valence-electron chi connectivity index (χ4n) is 4.77. The van der Waals surface area contributed by atoms with Crippen molar-refractivity contribution in [3.05, 3.63) is 42.0 Å². The standard InChI is InChI=1S/C25H29NO5/c1-28-18-8-9-19-17(15-26-10-6-5-7-22(26)25(27)31-4)11-16-12-23(29-2)24(30-3)14-20(16)21(19)13-18/h8-9,11-14,22H,5-7,10,15H2,1-4H3/p+1/t22-/m0/s1. The fraction of sp³-hybridized carbons (Fsp3) is 0.400. The van der Waals surface area contributed by atoms with E-state index in [9.17, 15) is 4.79 Å². The van der Waals surface area contributed by atoms with Gasteiger partial charge in [-0.3, -0.25) is 0 Å². The van der Waals surface area contributed by atoms with Crippen molar-refractivity contribution in [3.8, 4) is 17.2 Å². The van der Waals surface area contributed by atoms with Gasteiger partial charge in [0.05, 0.1) is 35.0 Å². The predicted octanol–water partition coefficient (Wildman–Crippen LogP) is 3.13. The molecule has 1 aliphatic heterocycles. The number of methoxy groups -OCH3 is 4. The van der Waals surface area contributed by atoms with E-state index in [1.165, 1.54) is 17.6 Å². The van der Waals surface area contributed by atoms with E-state index in [4.69, 9.17) is 18.9 Å². The van der Waals surface area contributed by atoms with Crippen LogP contribution in [-0.4, -0.2) is 47.0 Å². The smallest absolute Gasteiger partial charge is 0.364 e. The van der Waals surface area contributed by atoms with Gasteiger partial charge < -0.3 is 23.8 Å². The van der Waals surface area contributed by atoms with Crippen LogP contribution in [-0.2, 0) is 16.1 Å². The van der Waals surface area contributed by atoms with E-state index < -0.39 is 0 Å². The van der Waals surface area contributed by atoms with Gasteiger partial charge in [0.2, 0.25) is 0 Å². The molecule has 31 heavy (non-hydrogen) atoms. The minimum Gasteiger partial charge on any atom is -0.497 e. The molecule has 1 N–H and O–H groups in total. The van der Waals surface area contributed by atoms with Gasteiger partial charge in [-0.1, -0.05) is 6.07 Å². The number of fused-ring (bicyclic) bond motifs is 3. The molecule has 0 aromatic heterocycles. The molecule has 0 radical (unpaired) electrons. The molecule has 3 aromatic rings. The Morgan fingerprint density at radius 2 is 1.68 bits per heavy atom. The number of carbonyl (C=O) groups is 1. The van der Waals surface area contributed by atoms with Gasteiger partial charge in [-0.05, 0) is 64.7 Å². The molecular formula is C25H30NO5+. The maximum atomic E-state index is 12.4. The highest BCUT2D eigenvalue weighted by atomic mass is 16.5. The molecule has 1 saturated heterocycles. The number of piperidine rings is 1. The summed E-state index contributed by atoms with van der Waals surface area (Å²) in [6.45, 7) is 1.72. The normalized spacial score (nSPS) is 18.7. The van der Waals surface area contributed by atoms with Crippen molar-refractivity contribution in [2.75, 3.05) is 35.0 Å². The highest BCUT2D eigenvalue weighted by Crippen LogP contribution is 2.38. The average molecular weight is 425 g/mol. The molecule has 0 spiro atoms. The maximum absolute atomic E-state index is 12.4. The van der Waals surface area contributed by atoms with Gasteiger partial charge >= 0.3 is 5.97 Å². The van der Waals surface area contributed by atoms with Gasteiger partial charge in [-0.15, -0.1) is 0 Å². The molecule has 1 unspecified atom stereocenters. The molecule has 1 heterocycles. The topological polar surface area (TPSA) is 58.4 Å². The summed E-state index contributed by atoms with van der Waals surface area (Å²) in [5.74, 6) is 2.08. The summed E-state index contributed by atoms with van der Waals surface area (Å²) in [5.41, 5.74) is 1.20. The first kappa shape index (κ1) is 21.2. The van der Waals surface area contributed by atoms with Crippen LogP contribution < -0.4 is 19.1 Å². The van der Waals surface area contributed by atoms with Gasteiger partial charge in [0.15, 0.2) is 17.5 Å². The molecule has 1 fully saturated rings. The minimum atomic E-state index is -0.118. The van der Waals surface area contributed by atoms with Crippen LogP contribution in [0.25, 0.3) is 21.5 Å². The highest BCUT2D eigenvalue weighted by molar-refractivity contribution is 6.10. The van der Waals surface area contributed by atoms with Crippen LogP contribution in [0, 0.1) is 0 Å². The Kier molecular flexibility index (Phi) is 6.18. The van der Waals surface area contributed by atoms with Crippen LogP contribution in [0.4, 0.5) is 0 Å². The Morgan fingerprint density at radius 3 is 2.39 bits per heavy atom. The van der Waals surface area contributed by atoms with Crippen LogP contribution in [0.15, 0.2) is 36.4 Å². The lowest BCUT2D eigenvalue weighted by Crippen LogP contribution is -3.16. The van der Waals surface area contributed by atoms with Crippen LogP contribution >= 0.6 is 0 Å². The SMILES string of the molecule is COC(=O)[C@@H]1CCCC[NH+]1Cc1cc2cc(OC)c(OC)cc2c2cc(OC)ccc12. The number of likely N-dealkylation sites (tertiary alicyclic amines) is 1. The van der Waals surface area contributed by atoms with E-state index in [1.54, 1.807) is 21.3 Å². The number of esters is 1. The van der Waals surface area contributed by atoms with Crippen molar-refractivity contribution >= 4 is 27.5 Å². The second kappa shape index (κ2) is 9.02. The van der Waals surface area contributed by atoms with Crippen molar-refractivity contribution in [1.29, 1.82) is 0 Å². The molecule has 1 aliphatic rings. The zero-order valence-corrected chi connectivity index (χ0v) is 18.6. The number of nitrogens with one attached hydrogen (secondary N) is 1. The molecule has 6 heteroatoms. The van der Waals surface area contributed by atoms with Crippen molar-refractivity contribution in [1.82, 2.24) is 0 Å². The average Bonchev–Trinajstić information content (AvgIpc) is 2.82. The van der Waals surface area contributed by atoms with E-state index >= 15 is 0 Å². The van der Waals surface area contributed by atoms with Gasteiger partial charge in [-0.25, -0.2) is 4.79 Å². The molecule has 6 nitrogen and oxygen atoms in total. The minimum absolute atomic E-state index is 0.117. The van der Waals surface area contributed by atoms with Crippen molar-refractivity contribution in [2.24, 2.45) is 0 Å². The Bertz CT molecular complexity index is 1110. The van der Waals surface area contributed by atoms with E-state index in [1.807, 2.05) is 18.2 Å². The molecule has 0 saturated carbocycles. The van der Waals surface area contributed by atoms with E-state index in [2.05, 4.69) is 18.2 Å². The number of ether oxygens (including phenoxy) is 4. The summed E-state index contributed by atoms with van der Waals surface area (Å²) < 4.78 is 21.7. The third kappa shape index (κ3) is 4.00. The lowest BCUT2D eigenvalue weighted by molar-refractivity contribution is -0.935. The van der Waals surface area contributed by atoms with Gasteiger partial charge in [-0.2, -0.15) is 0 Å². The summed E-state index contributed by atoms with van der Waals surface area (Å²) in [6, 6.07) is 12.3. The molecule has 0 bridgehead atoms. The zero-order valence-electron chi connectivity index (χ0n) is 18.6. The molecule has 3 aromatic carbocycles. The van der Waals surface area contributed by atoms with Crippen molar-refractivity contribution in [3.63, 3.8) is 0 Å². The van der Waals surface area contributed by atoms with E-state index in [0.29, 0.717) is 11.5 Å².